The molecular weight excluding hydrogens is 409 g/mol. The monoisotopic (exact) mass is 421 g/mol. The first-order valence-electron chi connectivity index (χ1n) is 8.85. The molecule has 3 aromatic carbocycles. The quantitative estimate of drug-likeness (QED) is 0.483. The van der Waals surface area contributed by atoms with Crippen molar-refractivity contribution >= 4 is 32.4 Å². The lowest BCUT2D eigenvalue weighted by atomic mass is 10.1. The van der Waals surface area contributed by atoms with Gasteiger partial charge in [-0.05, 0) is 42.5 Å². The molecule has 5 rings (SSSR count). The Hall–Kier alpha value is -3.85. The van der Waals surface area contributed by atoms with Gasteiger partial charge in [-0.1, -0.05) is 24.3 Å². The number of hydrogen-bond donors (Lipinski definition) is 1. The van der Waals surface area contributed by atoms with Crippen LogP contribution in [0.4, 0.5) is 10.1 Å². The molecule has 0 radical (unpaired) electrons. The second kappa shape index (κ2) is 6.33. The van der Waals surface area contributed by atoms with Crippen LogP contribution in [0.2, 0.25) is 0 Å². The van der Waals surface area contributed by atoms with Gasteiger partial charge in [0.2, 0.25) is 5.78 Å². The van der Waals surface area contributed by atoms with Gasteiger partial charge in [-0.15, -0.1) is 0 Å². The van der Waals surface area contributed by atoms with Crippen LogP contribution in [0.3, 0.4) is 0 Å². The number of rotatable bonds is 3. The number of sulfonamides is 1. The van der Waals surface area contributed by atoms with Gasteiger partial charge in [-0.2, -0.15) is 0 Å². The minimum absolute atomic E-state index is 0.0391. The number of carbonyl (C=O) groups is 1. The first kappa shape index (κ1) is 18.2. The highest BCUT2D eigenvalue weighted by Crippen LogP contribution is 2.29. The molecule has 0 atom stereocenters. The molecule has 1 aliphatic rings. The Morgan fingerprint density at radius 1 is 0.933 bits per heavy atom. The lowest BCUT2D eigenvalue weighted by molar-refractivity contribution is 0.103. The van der Waals surface area contributed by atoms with Gasteiger partial charge in [0, 0.05) is 5.69 Å². The van der Waals surface area contributed by atoms with Crippen LogP contribution in [-0.4, -0.2) is 23.8 Å². The van der Waals surface area contributed by atoms with Crippen molar-refractivity contribution in [3.8, 4) is 5.69 Å². The van der Waals surface area contributed by atoms with E-state index in [0.717, 1.165) is 12.1 Å². The molecule has 0 fully saturated rings. The number of halogens is 1. The van der Waals surface area contributed by atoms with Crippen molar-refractivity contribution in [2.45, 2.75) is 4.90 Å². The number of aromatic nitrogens is 2. The summed E-state index contributed by atoms with van der Waals surface area (Å²) in [5.41, 5.74) is 0.518. The average molecular weight is 421 g/mol. The molecule has 0 spiro atoms. The van der Waals surface area contributed by atoms with Crippen LogP contribution in [0.15, 0.2) is 76.4 Å². The van der Waals surface area contributed by atoms with Gasteiger partial charge in [0.15, 0.2) is 5.82 Å². The molecule has 148 valence electrons. The fourth-order valence-corrected chi connectivity index (χ4v) is 4.61. The minimum Gasteiger partial charge on any atom is -0.285 e. The maximum Gasteiger partial charge on any atom is 0.266 e. The van der Waals surface area contributed by atoms with E-state index in [1.807, 2.05) is 0 Å². The fourth-order valence-electron chi connectivity index (χ4n) is 3.48. The molecule has 0 amide bonds. The summed E-state index contributed by atoms with van der Waals surface area (Å²) >= 11 is 0. The lowest BCUT2D eigenvalue weighted by Gasteiger charge is -2.10. The molecule has 1 aromatic heterocycles. The van der Waals surface area contributed by atoms with E-state index in [-0.39, 0.29) is 22.6 Å². The second-order valence-corrected chi connectivity index (χ2v) is 8.34. The van der Waals surface area contributed by atoms with E-state index in [0.29, 0.717) is 16.6 Å². The van der Waals surface area contributed by atoms with E-state index in [9.17, 15) is 22.4 Å². The normalized spacial score (nSPS) is 12.6. The van der Waals surface area contributed by atoms with Crippen molar-refractivity contribution in [2.24, 2.45) is 0 Å². The first-order valence-corrected chi connectivity index (χ1v) is 10.3. The summed E-state index contributed by atoms with van der Waals surface area (Å²) in [5.74, 6) is -1.43. The number of ketones is 1. The summed E-state index contributed by atoms with van der Waals surface area (Å²) in [5, 5.41) is 0.367. The van der Waals surface area contributed by atoms with Crippen LogP contribution in [0.5, 0.6) is 0 Å². The van der Waals surface area contributed by atoms with Crippen molar-refractivity contribution in [3.05, 3.63) is 94.3 Å². The van der Waals surface area contributed by atoms with Gasteiger partial charge in [0.05, 0.1) is 22.2 Å². The molecule has 0 aliphatic carbocycles. The number of nitrogens with zero attached hydrogens (tertiary/aromatic N) is 2. The van der Waals surface area contributed by atoms with E-state index >= 15 is 0 Å². The number of carbonyl (C=O) groups excluding carboxylic acids is 1. The molecular formula is C21H12FN3O4S. The van der Waals surface area contributed by atoms with E-state index < -0.39 is 26.5 Å². The molecule has 0 saturated carbocycles. The number of nitrogens with one attached hydrogen (secondary N) is 1. The van der Waals surface area contributed by atoms with E-state index in [4.69, 9.17) is 0 Å². The van der Waals surface area contributed by atoms with Crippen molar-refractivity contribution in [1.29, 1.82) is 0 Å². The van der Waals surface area contributed by atoms with Crippen molar-refractivity contribution in [3.63, 3.8) is 0 Å². The summed E-state index contributed by atoms with van der Waals surface area (Å²) in [4.78, 5) is 29.5. The summed E-state index contributed by atoms with van der Waals surface area (Å²) in [6, 6.07) is 15.8. The predicted molar refractivity (Wildman–Crippen MR) is 108 cm³/mol. The summed E-state index contributed by atoms with van der Waals surface area (Å²) in [7, 11) is -4.21. The topological polar surface area (TPSA) is 98.1 Å². The zero-order chi connectivity index (χ0) is 21.0. The van der Waals surface area contributed by atoms with Crippen molar-refractivity contribution < 1.29 is 17.6 Å². The number of anilines is 1. The van der Waals surface area contributed by atoms with Gasteiger partial charge in [0.25, 0.3) is 15.6 Å². The highest BCUT2D eigenvalue weighted by molar-refractivity contribution is 7.92. The molecule has 0 saturated heterocycles. The Labute approximate surface area is 169 Å². The van der Waals surface area contributed by atoms with E-state index in [2.05, 4.69) is 9.71 Å². The standard InChI is InChI=1S/C21H12FN3O4S/c22-15-6-2-4-8-18(15)30(28,29)24-12-9-10-17-14(11-12)19(26)20-23-16-7-3-1-5-13(16)21(27)25(17)20/h1-11,24H. The van der Waals surface area contributed by atoms with Gasteiger partial charge in [0.1, 0.15) is 10.7 Å². The van der Waals surface area contributed by atoms with Gasteiger partial charge in [-0.25, -0.2) is 17.8 Å². The number of hydrogen-bond acceptors (Lipinski definition) is 5. The maximum atomic E-state index is 13.9. The van der Waals surface area contributed by atoms with Crippen LogP contribution in [0.1, 0.15) is 16.2 Å². The third-order valence-electron chi connectivity index (χ3n) is 4.84. The summed E-state index contributed by atoms with van der Waals surface area (Å²) in [6.45, 7) is 0. The zero-order valence-electron chi connectivity index (χ0n) is 15.2. The summed E-state index contributed by atoms with van der Waals surface area (Å²) < 4.78 is 42.5. The van der Waals surface area contributed by atoms with Crippen LogP contribution >= 0.6 is 0 Å². The molecule has 2 heterocycles. The zero-order valence-corrected chi connectivity index (χ0v) is 16.0. The fraction of sp³-hybridized carbons (Fsp3) is 0. The highest BCUT2D eigenvalue weighted by atomic mass is 32.2. The molecule has 4 aromatic rings. The van der Waals surface area contributed by atoms with Crippen molar-refractivity contribution in [1.82, 2.24) is 9.55 Å². The smallest absolute Gasteiger partial charge is 0.266 e. The van der Waals surface area contributed by atoms with Crippen LogP contribution in [-0.2, 0) is 10.0 Å². The first-order chi connectivity index (χ1) is 14.4. The largest absolute Gasteiger partial charge is 0.285 e. The number of para-hydroxylation sites is 1. The van der Waals surface area contributed by atoms with Crippen LogP contribution in [0.25, 0.3) is 16.6 Å². The van der Waals surface area contributed by atoms with Gasteiger partial charge >= 0.3 is 0 Å². The molecule has 9 heteroatoms. The van der Waals surface area contributed by atoms with Crippen molar-refractivity contribution in [2.75, 3.05) is 4.72 Å². The molecule has 1 N–H and O–H groups in total. The number of benzene rings is 3. The second-order valence-electron chi connectivity index (χ2n) is 6.69. The SMILES string of the molecule is O=C1c2cc(NS(=O)(=O)c3ccccc3F)ccc2-n2c1nc1ccccc1c2=O. The van der Waals surface area contributed by atoms with E-state index in [1.54, 1.807) is 24.3 Å². The van der Waals surface area contributed by atoms with Crippen LogP contribution in [0, 0.1) is 5.82 Å². The Balaban J connectivity index is 1.61. The predicted octanol–water partition coefficient (Wildman–Crippen LogP) is 2.87. The molecule has 30 heavy (non-hydrogen) atoms. The van der Waals surface area contributed by atoms with E-state index in [1.165, 1.54) is 34.9 Å². The third kappa shape index (κ3) is 2.63. The minimum atomic E-state index is -4.21. The average Bonchev–Trinajstić information content (AvgIpc) is 3.00. The highest BCUT2D eigenvalue weighted by Gasteiger charge is 2.31. The number of fused-ring (bicyclic) bond motifs is 4. The van der Waals surface area contributed by atoms with Gasteiger partial charge in [-0.3, -0.25) is 18.9 Å². The Kier molecular flexibility index (Phi) is 3.84. The maximum absolute atomic E-state index is 13.9. The molecule has 7 nitrogen and oxygen atoms in total. The summed E-state index contributed by atoms with van der Waals surface area (Å²) in [6.07, 6.45) is 0. The molecule has 0 bridgehead atoms. The Bertz CT molecular complexity index is 1540. The third-order valence-corrected chi connectivity index (χ3v) is 6.25. The molecule has 0 unspecified atom stereocenters. The Morgan fingerprint density at radius 2 is 1.67 bits per heavy atom. The molecule has 1 aliphatic heterocycles. The van der Waals surface area contributed by atoms with Gasteiger partial charge < -0.3 is 0 Å². The lowest BCUT2D eigenvalue weighted by Crippen LogP contribution is -2.21. The van der Waals surface area contributed by atoms with Crippen LogP contribution < -0.4 is 10.3 Å². The Morgan fingerprint density at radius 3 is 2.47 bits per heavy atom.